The molecule has 3 rings (SSSR count). The quantitative estimate of drug-likeness (QED) is 0.458. The van der Waals surface area contributed by atoms with E-state index in [4.69, 9.17) is 4.74 Å². The van der Waals surface area contributed by atoms with Crippen molar-refractivity contribution in [1.29, 1.82) is 0 Å². The lowest BCUT2D eigenvalue weighted by Crippen LogP contribution is -2.38. The van der Waals surface area contributed by atoms with Crippen LogP contribution < -0.4 is 0 Å². The van der Waals surface area contributed by atoms with Crippen molar-refractivity contribution in [1.82, 2.24) is 0 Å². The highest BCUT2D eigenvalue weighted by Crippen LogP contribution is 2.36. The number of ether oxygens (including phenoxy) is 1. The summed E-state index contributed by atoms with van der Waals surface area (Å²) in [4.78, 5) is 23.5. The lowest BCUT2D eigenvalue weighted by molar-refractivity contribution is -0.384. The van der Waals surface area contributed by atoms with E-state index in [1.807, 2.05) is 37.3 Å². The molecule has 0 amide bonds. The van der Waals surface area contributed by atoms with Gasteiger partial charge in [0.15, 0.2) is 0 Å². The highest BCUT2D eigenvalue weighted by Gasteiger charge is 2.41. The molecule has 7 heteroatoms. The molecule has 0 N–H and O–H groups in total. The number of esters is 1. The van der Waals surface area contributed by atoms with Gasteiger partial charge in [0.05, 0.1) is 17.7 Å². The van der Waals surface area contributed by atoms with Crippen LogP contribution in [-0.4, -0.2) is 29.4 Å². The number of methoxy groups -OCH3 is 1. The summed E-state index contributed by atoms with van der Waals surface area (Å²) in [7, 11) is 1.33. The van der Waals surface area contributed by atoms with Gasteiger partial charge in [-0.2, -0.15) is 10.2 Å². The highest BCUT2D eigenvalue weighted by molar-refractivity contribution is 6.17. The van der Waals surface area contributed by atoms with Crippen molar-refractivity contribution in [2.24, 2.45) is 16.1 Å². The van der Waals surface area contributed by atoms with Crippen molar-refractivity contribution in [3.05, 3.63) is 75.8 Å². The molecular weight excluding hydrogens is 346 g/mol. The van der Waals surface area contributed by atoms with Crippen LogP contribution in [0.4, 0.5) is 5.69 Å². The lowest BCUT2D eigenvalue weighted by Gasteiger charge is -2.30. The Bertz CT molecular complexity index is 922. The Morgan fingerprint density at radius 2 is 1.89 bits per heavy atom. The Labute approximate surface area is 156 Å². The largest absolute Gasteiger partial charge is 0.468 e. The molecule has 0 aliphatic carbocycles. The summed E-state index contributed by atoms with van der Waals surface area (Å²) in [6, 6.07) is 15.6. The van der Waals surface area contributed by atoms with Gasteiger partial charge in [-0.1, -0.05) is 49.4 Å². The number of hydrogen-bond acceptors (Lipinski definition) is 6. The molecule has 2 aromatic carbocycles. The molecule has 1 aliphatic heterocycles. The van der Waals surface area contributed by atoms with E-state index in [1.165, 1.54) is 19.2 Å². The van der Waals surface area contributed by atoms with Gasteiger partial charge in [-0.15, -0.1) is 0 Å². The van der Waals surface area contributed by atoms with E-state index in [1.54, 1.807) is 12.1 Å². The van der Waals surface area contributed by atoms with Crippen LogP contribution in [0.25, 0.3) is 0 Å². The standard InChI is InChI=1S/C20H19N3O4/c1-3-16-17(14-10-7-11-15(12-14)23(25)26)18(20(24)27-2)19(22-21-16)13-8-5-4-6-9-13/h4-12,17-18H,3H2,1-2H3. The van der Waals surface area contributed by atoms with E-state index in [0.717, 1.165) is 5.56 Å². The third kappa shape index (κ3) is 3.62. The first-order chi connectivity index (χ1) is 13.1. The van der Waals surface area contributed by atoms with Crippen LogP contribution in [0.15, 0.2) is 64.8 Å². The first-order valence-corrected chi connectivity index (χ1v) is 8.58. The summed E-state index contributed by atoms with van der Waals surface area (Å²) >= 11 is 0. The lowest BCUT2D eigenvalue weighted by atomic mass is 9.76. The minimum atomic E-state index is -0.730. The van der Waals surface area contributed by atoms with E-state index in [2.05, 4.69) is 10.2 Å². The van der Waals surface area contributed by atoms with Gasteiger partial charge in [-0.3, -0.25) is 14.9 Å². The number of carbonyl (C=O) groups is 1. The molecule has 0 radical (unpaired) electrons. The fourth-order valence-corrected chi connectivity index (χ4v) is 3.32. The van der Waals surface area contributed by atoms with E-state index in [0.29, 0.717) is 23.4 Å². The van der Waals surface area contributed by atoms with E-state index >= 15 is 0 Å². The van der Waals surface area contributed by atoms with Gasteiger partial charge in [0.2, 0.25) is 0 Å². The summed E-state index contributed by atoms with van der Waals surface area (Å²) in [5.41, 5.74) is 2.56. The van der Waals surface area contributed by atoms with Gasteiger partial charge >= 0.3 is 5.97 Å². The van der Waals surface area contributed by atoms with Crippen LogP contribution in [0.2, 0.25) is 0 Å². The van der Waals surface area contributed by atoms with Crippen LogP contribution >= 0.6 is 0 Å². The fourth-order valence-electron chi connectivity index (χ4n) is 3.32. The van der Waals surface area contributed by atoms with Crippen LogP contribution in [0.3, 0.4) is 0 Å². The molecular formula is C20H19N3O4. The summed E-state index contributed by atoms with van der Waals surface area (Å²) < 4.78 is 5.06. The molecule has 0 saturated heterocycles. The molecule has 1 aliphatic rings. The summed E-state index contributed by atoms with van der Waals surface area (Å²) in [6.07, 6.45) is 0.562. The number of nitrogens with zero attached hydrogens (tertiary/aromatic N) is 3. The number of benzene rings is 2. The van der Waals surface area contributed by atoms with Crippen LogP contribution in [-0.2, 0) is 9.53 Å². The molecule has 0 spiro atoms. The Hall–Kier alpha value is -3.35. The maximum Gasteiger partial charge on any atom is 0.315 e. The van der Waals surface area contributed by atoms with E-state index in [-0.39, 0.29) is 5.69 Å². The normalized spacial score (nSPS) is 19.0. The number of rotatable bonds is 5. The number of nitro groups is 1. The molecule has 138 valence electrons. The second-order valence-electron chi connectivity index (χ2n) is 6.13. The SMILES string of the molecule is CCC1=NN=C(c2ccccc2)C(C(=O)OC)C1c1cccc([N+](=O)[O-])c1. The van der Waals surface area contributed by atoms with Gasteiger partial charge in [0, 0.05) is 23.8 Å². The topological polar surface area (TPSA) is 94.2 Å². The third-order valence-electron chi connectivity index (χ3n) is 4.60. The number of non-ortho nitro benzene ring substituents is 1. The minimum Gasteiger partial charge on any atom is -0.468 e. The Kier molecular flexibility index (Phi) is 5.40. The zero-order chi connectivity index (χ0) is 19.4. The molecule has 0 aromatic heterocycles. The van der Waals surface area contributed by atoms with Gasteiger partial charge in [-0.25, -0.2) is 0 Å². The number of hydrogen-bond donors (Lipinski definition) is 0. The summed E-state index contributed by atoms with van der Waals surface area (Å²) in [5.74, 6) is -1.66. The molecule has 0 fully saturated rings. The summed E-state index contributed by atoms with van der Waals surface area (Å²) in [5, 5.41) is 19.8. The van der Waals surface area contributed by atoms with Gasteiger partial charge in [0.25, 0.3) is 5.69 Å². The Morgan fingerprint density at radius 3 is 2.52 bits per heavy atom. The third-order valence-corrected chi connectivity index (χ3v) is 4.60. The maximum atomic E-state index is 12.7. The Balaban J connectivity index is 2.16. The molecule has 0 saturated carbocycles. The molecule has 2 atom stereocenters. The highest BCUT2D eigenvalue weighted by atomic mass is 16.6. The summed E-state index contributed by atoms with van der Waals surface area (Å²) in [6.45, 7) is 1.92. The van der Waals surface area contributed by atoms with Crippen molar-refractivity contribution in [3.8, 4) is 0 Å². The predicted molar refractivity (Wildman–Crippen MR) is 102 cm³/mol. The van der Waals surface area contributed by atoms with Crippen molar-refractivity contribution in [2.75, 3.05) is 7.11 Å². The van der Waals surface area contributed by atoms with Crippen molar-refractivity contribution in [2.45, 2.75) is 19.3 Å². The molecule has 0 bridgehead atoms. The van der Waals surface area contributed by atoms with E-state index in [9.17, 15) is 14.9 Å². The predicted octanol–water partition coefficient (Wildman–Crippen LogP) is 3.74. The molecule has 2 unspecified atom stereocenters. The van der Waals surface area contributed by atoms with Crippen molar-refractivity contribution >= 4 is 23.1 Å². The van der Waals surface area contributed by atoms with Crippen molar-refractivity contribution in [3.63, 3.8) is 0 Å². The number of nitro benzene ring substituents is 1. The van der Waals surface area contributed by atoms with Gasteiger partial charge in [-0.05, 0) is 17.5 Å². The molecule has 27 heavy (non-hydrogen) atoms. The molecule has 1 heterocycles. The first-order valence-electron chi connectivity index (χ1n) is 8.58. The zero-order valence-corrected chi connectivity index (χ0v) is 15.0. The van der Waals surface area contributed by atoms with Crippen LogP contribution in [0.5, 0.6) is 0 Å². The van der Waals surface area contributed by atoms with Crippen LogP contribution in [0, 0.1) is 16.0 Å². The van der Waals surface area contributed by atoms with E-state index < -0.39 is 22.7 Å². The fraction of sp³-hybridized carbons (Fsp3) is 0.250. The maximum absolute atomic E-state index is 12.7. The average molecular weight is 365 g/mol. The Morgan fingerprint density at radius 1 is 1.15 bits per heavy atom. The van der Waals surface area contributed by atoms with Gasteiger partial charge < -0.3 is 4.74 Å². The smallest absolute Gasteiger partial charge is 0.315 e. The minimum absolute atomic E-state index is 0.0321. The first kappa shape index (κ1) is 18.4. The number of carbonyl (C=O) groups excluding carboxylic acids is 1. The molecule has 7 nitrogen and oxygen atoms in total. The second-order valence-corrected chi connectivity index (χ2v) is 6.13. The second kappa shape index (κ2) is 7.90. The van der Waals surface area contributed by atoms with Crippen LogP contribution in [0.1, 0.15) is 30.4 Å². The van der Waals surface area contributed by atoms with Crippen molar-refractivity contribution < 1.29 is 14.5 Å². The monoisotopic (exact) mass is 365 g/mol. The molecule has 2 aromatic rings. The van der Waals surface area contributed by atoms with Gasteiger partial charge in [0.1, 0.15) is 5.92 Å². The average Bonchev–Trinajstić information content (AvgIpc) is 2.72. The zero-order valence-electron chi connectivity index (χ0n) is 15.0.